The van der Waals surface area contributed by atoms with E-state index in [1.165, 1.54) is 10.5 Å². The van der Waals surface area contributed by atoms with Crippen molar-refractivity contribution in [2.24, 2.45) is 5.73 Å². The van der Waals surface area contributed by atoms with E-state index < -0.39 is 0 Å². The molecule has 1 amide bonds. The van der Waals surface area contributed by atoms with Crippen molar-refractivity contribution in [3.8, 4) is 0 Å². The Morgan fingerprint density at radius 2 is 2.06 bits per heavy atom. The number of rotatable bonds is 7. The van der Waals surface area contributed by atoms with Gasteiger partial charge in [-0.15, -0.1) is 11.8 Å². The second-order valence-electron chi connectivity index (χ2n) is 3.84. The fraction of sp³-hybridized carbons (Fsp3) is 0.462. The van der Waals surface area contributed by atoms with Gasteiger partial charge in [0.25, 0.3) is 0 Å². The number of nitrogens with one attached hydrogen (secondary N) is 1. The smallest absolute Gasteiger partial charge is 0.220 e. The molecule has 0 saturated heterocycles. The highest BCUT2D eigenvalue weighted by atomic mass is 32.2. The van der Waals surface area contributed by atoms with Crippen LogP contribution in [-0.4, -0.2) is 25.3 Å². The Bertz CT molecular complexity index is 338. The van der Waals surface area contributed by atoms with E-state index in [0.29, 0.717) is 19.5 Å². The third kappa shape index (κ3) is 5.75. The van der Waals surface area contributed by atoms with Crippen molar-refractivity contribution in [2.75, 3.05) is 19.3 Å². The molecule has 0 fully saturated rings. The van der Waals surface area contributed by atoms with Gasteiger partial charge in [-0.2, -0.15) is 0 Å². The summed E-state index contributed by atoms with van der Waals surface area (Å²) in [7, 11) is 0. The van der Waals surface area contributed by atoms with E-state index in [2.05, 4.69) is 35.8 Å². The molecule has 0 saturated carbocycles. The van der Waals surface area contributed by atoms with Crippen LogP contribution in [-0.2, 0) is 11.2 Å². The molecule has 94 valence electrons. The summed E-state index contributed by atoms with van der Waals surface area (Å²) in [5.74, 6) is 0.0937. The third-order valence-electron chi connectivity index (χ3n) is 2.50. The lowest BCUT2D eigenvalue weighted by molar-refractivity contribution is -0.121. The van der Waals surface area contributed by atoms with Crippen LogP contribution in [0.5, 0.6) is 0 Å². The lowest BCUT2D eigenvalue weighted by Gasteiger charge is -2.05. The van der Waals surface area contributed by atoms with Gasteiger partial charge < -0.3 is 11.1 Å². The quantitative estimate of drug-likeness (QED) is 0.728. The zero-order chi connectivity index (χ0) is 12.5. The summed E-state index contributed by atoms with van der Waals surface area (Å²) in [5, 5.41) is 2.89. The van der Waals surface area contributed by atoms with Crippen molar-refractivity contribution in [3.05, 3.63) is 29.8 Å². The molecule has 0 aliphatic rings. The van der Waals surface area contributed by atoms with Crippen LogP contribution in [0.25, 0.3) is 0 Å². The van der Waals surface area contributed by atoms with Gasteiger partial charge in [-0.1, -0.05) is 12.1 Å². The Balaban J connectivity index is 2.23. The summed E-state index contributed by atoms with van der Waals surface area (Å²) in [6, 6.07) is 8.43. The predicted octanol–water partition coefficient (Wildman–Crippen LogP) is 1.81. The van der Waals surface area contributed by atoms with Gasteiger partial charge in [0.05, 0.1) is 0 Å². The molecule has 3 nitrogen and oxygen atoms in total. The molecule has 4 heteroatoms. The van der Waals surface area contributed by atoms with Crippen molar-refractivity contribution in [2.45, 2.75) is 24.2 Å². The SMILES string of the molecule is CSc1ccc(CCNC(=O)CCCN)cc1. The summed E-state index contributed by atoms with van der Waals surface area (Å²) in [6.07, 6.45) is 4.23. The summed E-state index contributed by atoms with van der Waals surface area (Å²) < 4.78 is 0. The summed E-state index contributed by atoms with van der Waals surface area (Å²) >= 11 is 1.73. The number of hydrogen-bond acceptors (Lipinski definition) is 3. The molecule has 0 spiro atoms. The van der Waals surface area contributed by atoms with Crippen LogP contribution in [0.2, 0.25) is 0 Å². The molecular weight excluding hydrogens is 232 g/mol. The standard InChI is InChI=1S/C13H20N2OS/c1-17-12-6-4-11(5-7-12)8-10-15-13(16)3-2-9-14/h4-7H,2-3,8-10,14H2,1H3,(H,15,16). The number of amides is 1. The number of carbonyl (C=O) groups is 1. The highest BCUT2D eigenvalue weighted by Crippen LogP contribution is 2.14. The lowest BCUT2D eigenvalue weighted by Crippen LogP contribution is -2.25. The normalized spacial score (nSPS) is 10.2. The molecule has 0 aliphatic carbocycles. The van der Waals surface area contributed by atoms with Crippen molar-refractivity contribution < 1.29 is 4.79 Å². The largest absolute Gasteiger partial charge is 0.356 e. The van der Waals surface area contributed by atoms with Crippen LogP contribution < -0.4 is 11.1 Å². The van der Waals surface area contributed by atoms with Gasteiger partial charge >= 0.3 is 0 Å². The number of hydrogen-bond donors (Lipinski definition) is 2. The van der Waals surface area contributed by atoms with Crippen LogP contribution >= 0.6 is 11.8 Å². The number of benzene rings is 1. The molecule has 0 unspecified atom stereocenters. The van der Waals surface area contributed by atoms with Crippen LogP contribution in [0.1, 0.15) is 18.4 Å². The Labute approximate surface area is 107 Å². The van der Waals surface area contributed by atoms with E-state index in [9.17, 15) is 4.79 Å². The Morgan fingerprint density at radius 3 is 2.65 bits per heavy atom. The van der Waals surface area contributed by atoms with Gasteiger partial charge in [-0.3, -0.25) is 4.79 Å². The molecule has 1 aromatic rings. The number of carbonyl (C=O) groups excluding carboxylic acids is 1. The first-order valence-corrected chi connectivity index (χ1v) is 7.08. The highest BCUT2D eigenvalue weighted by Gasteiger charge is 1.99. The molecular formula is C13H20N2OS. The minimum Gasteiger partial charge on any atom is -0.356 e. The van der Waals surface area contributed by atoms with Gasteiger partial charge in [-0.05, 0) is 43.3 Å². The maximum Gasteiger partial charge on any atom is 0.220 e. The molecule has 1 aromatic carbocycles. The fourth-order valence-corrected chi connectivity index (χ4v) is 1.90. The molecule has 0 bridgehead atoms. The maximum absolute atomic E-state index is 11.3. The second kappa shape index (κ2) is 8.14. The van der Waals surface area contributed by atoms with Gasteiger partial charge in [0, 0.05) is 17.9 Å². The average Bonchev–Trinajstić information content (AvgIpc) is 2.37. The van der Waals surface area contributed by atoms with E-state index >= 15 is 0 Å². The lowest BCUT2D eigenvalue weighted by atomic mass is 10.1. The van der Waals surface area contributed by atoms with E-state index in [-0.39, 0.29) is 5.91 Å². The first kappa shape index (κ1) is 14.1. The first-order chi connectivity index (χ1) is 8.26. The molecule has 0 heterocycles. The van der Waals surface area contributed by atoms with Crippen molar-refractivity contribution in [1.29, 1.82) is 0 Å². The Morgan fingerprint density at radius 1 is 1.35 bits per heavy atom. The molecule has 1 rings (SSSR count). The molecule has 3 N–H and O–H groups in total. The maximum atomic E-state index is 11.3. The molecule has 0 radical (unpaired) electrons. The minimum atomic E-state index is 0.0937. The van der Waals surface area contributed by atoms with Gasteiger partial charge in [0.15, 0.2) is 0 Å². The van der Waals surface area contributed by atoms with E-state index in [4.69, 9.17) is 5.73 Å². The second-order valence-corrected chi connectivity index (χ2v) is 4.72. The number of thioether (sulfide) groups is 1. The van der Waals surface area contributed by atoms with Gasteiger partial charge in [0.1, 0.15) is 0 Å². The highest BCUT2D eigenvalue weighted by molar-refractivity contribution is 7.98. The van der Waals surface area contributed by atoms with Crippen LogP contribution in [0, 0.1) is 0 Å². The van der Waals surface area contributed by atoms with Crippen molar-refractivity contribution in [1.82, 2.24) is 5.32 Å². The van der Waals surface area contributed by atoms with Crippen molar-refractivity contribution in [3.63, 3.8) is 0 Å². The summed E-state index contributed by atoms with van der Waals surface area (Å²) in [5.41, 5.74) is 6.59. The zero-order valence-electron chi connectivity index (χ0n) is 10.2. The topological polar surface area (TPSA) is 55.1 Å². The summed E-state index contributed by atoms with van der Waals surface area (Å²) in [6.45, 7) is 1.27. The molecule has 17 heavy (non-hydrogen) atoms. The minimum absolute atomic E-state index is 0.0937. The predicted molar refractivity (Wildman–Crippen MR) is 73.2 cm³/mol. The molecule has 0 aliphatic heterocycles. The Kier molecular flexibility index (Phi) is 6.74. The fourth-order valence-electron chi connectivity index (χ4n) is 1.49. The van der Waals surface area contributed by atoms with E-state index in [1.54, 1.807) is 11.8 Å². The Hall–Kier alpha value is -1.00. The number of nitrogens with two attached hydrogens (primary N) is 1. The zero-order valence-corrected chi connectivity index (χ0v) is 11.1. The first-order valence-electron chi connectivity index (χ1n) is 5.86. The molecule has 0 aromatic heterocycles. The van der Waals surface area contributed by atoms with E-state index in [1.807, 2.05) is 0 Å². The average molecular weight is 252 g/mol. The van der Waals surface area contributed by atoms with Crippen LogP contribution in [0.3, 0.4) is 0 Å². The van der Waals surface area contributed by atoms with Crippen LogP contribution in [0.4, 0.5) is 0 Å². The summed E-state index contributed by atoms with van der Waals surface area (Å²) in [4.78, 5) is 12.6. The van der Waals surface area contributed by atoms with Gasteiger partial charge in [-0.25, -0.2) is 0 Å². The van der Waals surface area contributed by atoms with Gasteiger partial charge in [0.2, 0.25) is 5.91 Å². The monoisotopic (exact) mass is 252 g/mol. The molecule has 0 atom stereocenters. The van der Waals surface area contributed by atoms with E-state index in [0.717, 1.165) is 12.8 Å². The van der Waals surface area contributed by atoms with Crippen LogP contribution in [0.15, 0.2) is 29.2 Å². The van der Waals surface area contributed by atoms with Crippen molar-refractivity contribution >= 4 is 17.7 Å². The third-order valence-corrected chi connectivity index (χ3v) is 3.25.